The first-order chi connectivity index (χ1) is 8.43. The Balaban J connectivity index is 1.95. The fourth-order valence-electron chi connectivity index (χ4n) is 3.07. The number of β-amino-alcohol motifs (C(OH)–C–C–N with tert-alkyl or cyclic N) is 1. The normalized spacial score (nSPS) is 32.8. The maximum absolute atomic E-state index is 13.1. The van der Waals surface area contributed by atoms with Crippen molar-refractivity contribution in [3.63, 3.8) is 0 Å². The summed E-state index contributed by atoms with van der Waals surface area (Å²) in [5, 5.41) is 9.62. The van der Waals surface area contributed by atoms with Gasteiger partial charge in [0.2, 0.25) is 11.8 Å². The molecular weight excluding hydrogens is 240 g/mol. The smallest absolute Gasteiger partial charge is 0.248 e. The highest BCUT2D eigenvalue weighted by Crippen LogP contribution is 2.37. The number of alkyl halides is 2. The molecule has 1 aliphatic heterocycles. The number of carbonyl (C=O) groups is 1. The molecule has 2 rings (SSSR count). The average Bonchev–Trinajstić information content (AvgIpc) is 2.69. The minimum Gasteiger partial charge on any atom is -0.391 e. The third-order valence-corrected chi connectivity index (χ3v) is 4.21. The first kappa shape index (κ1) is 13.7. The quantitative estimate of drug-likeness (QED) is 0.827. The van der Waals surface area contributed by atoms with E-state index in [4.69, 9.17) is 0 Å². The summed E-state index contributed by atoms with van der Waals surface area (Å²) in [7, 11) is 0. The van der Waals surface area contributed by atoms with Crippen molar-refractivity contribution in [3.05, 3.63) is 0 Å². The third-order valence-electron chi connectivity index (χ3n) is 4.21. The van der Waals surface area contributed by atoms with Gasteiger partial charge in [0.05, 0.1) is 6.10 Å². The van der Waals surface area contributed by atoms with E-state index >= 15 is 0 Å². The van der Waals surface area contributed by atoms with Crippen LogP contribution in [0.3, 0.4) is 0 Å². The van der Waals surface area contributed by atoms with Gasteiger partial charge in [0.15, 0.2) is 0 Å². The maximum atomic E-state index is 13.1. The van der Waals surface area contributed by atoms with Gasteiger partial charge in [-0.2, -0.15) is 0 Å². The predicted molar refractivity (Wildman–Crippen MR) is 63.3 cm³/mol. The lowest BCUT2D eigenvalue weighted by Crippen LogP contribution is -2.42. The molecule has 3 nitrogen and oxygen atoms in total. The van der Waals surface area contributed by atoms with Gasteiger partial charge in [0, 0.05) is 31.3 Å². The van der Waals surface area contributed by atoms with Crippen LogP contribution in [0.15, 0.2) is 0 Å². The van der Waals surface area contributed by atoms with Crippen molar-refractivity contribution in [2.45, 2.75) is 63.5 Å². The minimum atomic E-state index is -2.59. The SMILES string of the molecule is CCC1C[C@H](O)CN1C(=O)C1CCC(F)(F)CC1. The first-order valence-electron chi connectivity index (χ1n) is 6.79. The highest BCUT2D eigenvalue weighted by Gasteiger charge is 2.41. The topological polar surface area (TPSA) is 40.5 Å². The molecule has 1 N–H and O–H groups in total. The second kappa shape index (κ2) is 5.11. The molecule has 2 fully saturated rings. The molecule has 2 aliphatic rings. The van der Waals surface area contributed by atoms with Crippen molar-refractivity contribution in [1.82, 2.24) is 4.90 Å². The molecule has 0 bridgehead atoms. The summed E-state index contributed by atoms with van der Waals surface area (Å²) >= 11 is 0. The Kier molecular flexibility index (Phi) is 3.90. The molecule has 1 saturated heterocycles. The molecule has 1 unspecified atom stereocenters. The molecule has 1 aliphatic carbocycles. The number of hydrogen-bond acceptors (Lipinski definition) is 2. The summed E-state index contributed by atoms with van der Waals surface area (Å²) in [5.41, 5.74) is 0. The van der Waals surface area contributed by atoms with Crippen molar-refractivity contribution in [3.8, 4) is 0 Å². The maximum Gasteiger partial charge on any atom is 0.248 e. The first-order valence-corrected chi connectivity index (χ1v) is 6.79. The van der Waals surface area contributed by atoms with Crippen LogP contribution in [0.4, 0.5) is 8.78 Å². The minimum absolute atomic E-state index is 0.0334. The molecule has 1 saturated carbocycles. The zero-order valence-corrected chi connectivity index (χ0v) is 10.7. The molecule has 0 aromatic carbocycles. The molecule has 0 spiro atoms. The van der Waals surface area contributed by atoms with E-state index in [1.165, 1.54) is 0 Å². The van der Waals surface area contributed by atoms with Gasteiger partial charge < -0.3 is 10.0 Å². The molecule has 0 radical (unpaired) electrons. The highest BCUT2D eigenvalue weighted by atomic mass is 19.3. The zero-order valence-electron chi connectivity index (χ0n) is 10.7. The van der Waals surface area contributed by atoms with Gasteiger partial charge in [-0.15, -0.1) is 0 Å². The van der Waals surface area contributed by atoms with Gasteiger partial charge in [-0.3, -0.25) is 4.79 Å². The number of carbonyl (C=O) groups excluding carboxylic acids is 1. The van der Waals surface area contributed by atoms with Crippen LogP contribution < -0.4 is 0 Å². The second-order valence-corrected chi connectivity index (χ2v) is 5.57. The van der Waals surface area contributed by atoms with E-state index in [1.54, 1.807) is 4.90 Å². The van der Waals surface area contributed by atoms with Gasteiger partial charge in [-0.25, -0.2) is 8.78 Å². The summed E-state index contributed by atoms with van der Waals surface area (Å²) in [6.45, 7) is 2.35. The summed E-state index contributed by atoms with van der Waals surface area (Å²) in [4.78, 5) is 14.0. The van der Waals surface area contributed by atoms with E-state index in [0.29, 0.717) is 13.0 Å². The van der Waals surface area contributed by atoms with Gasteiger partial charge in [-0.1, -0.05) is 6.92 Å². The standard InChI is InChI=1S/C13H21F2NO2/c1-2-10-7-11(17)8-16(10)12(18)9-3-5-13(14,15)6-4-9/h9-11,17H,2-8H2,1H3/t10?,11-/m0/s1. The second-order valence-electron chi connectivity index (χ2n) is 5.57. The molecule has 5 heteroatoms. The number of likely N-dealkylation sites (tertiary alicyclic amines) is 1. The van der Waals surface area contributed by atoms with Crippen LogP contribution in [0.2, 0.25) is 0 Å². The zero-order chi connectivity index (χ0) is 13.3. The van der Waals surface area contributed by atoms with Gasteiger partial charge in [-0.05, 0) is 25.7 Å². The molecular formula is C13H21F2NO2. The number of aliphatic hydroxyl groups is 1. The van der Waals surface area contributed by atoms with E-state index in [2.05, 4.69) is 0 Å². The summed E-state index contributed by atoms with van der Waals surface area (Å²) in [6.07, 6.45) is 1.15. The number of halogens is 2. The molecule has 18 heavy (non-hydrogen) atoms. The van der Waals surface area contributed by atoms with Gasteiger partial charge in [0.1, 0.15) is 0 Å². The monoisotopic (exact) mass is 261 g/mol. The Morgan fingerprint density at radius 1 is 1.39 bits per heavy atom. The highest BCUT2D eigenvalue weighted by molar-refractivity contribution is 5.79. The van der Waals surface area contributed by atoms with Crippen molar-refractivity contribution in [1.29, 1.82) is 0 Å². The molecule has 104 valence electrons. The Morgan fingerprint density at radius 2 is 2.00 bits per heavy atom. The predicted octanol–water partition coefficient (Wildman–Crippen LogP) is 2.18. The number of rotatable bonds is 2. The van der Waals surface area contributed by atoms with E-state index < -0.39 is 12.0 Å². The molecule has 2 atom stereocenters. The Bertz CT molecular complexity index is 312. The van der Waals surface area contributed by atoms with Gasteiger partial charge in [0.25, 0.3) is 0 Å². The number of nitrogens with zero attached hydrogens (tertiary/aromatic N) is 1. The lowest BCUT2D eigenvalue weighted by atomic mass is 9.85. The van der Waals surface area contributed by atoms with Crippen LogP contribution in [0.25, 0.3) is 0 Å². The fourth-order valence-corrected chi connectivity index (χ4v) is 3.07. The molecule has 1 amide bonds. The summed E-state index contributed by atoms with van der Waals surface area (Å²) in [6, 6.07) is 0.0786. The molecule has 0 aromatic heterocycles. The Hall–Kier alpha value is -0.710. The molecule has 1 heterocycles. The van der Waals surface area contributed by atoms with Crippen LogP contribution in [0.5, 0.6) is 0 Å². The number of hydrogen-bond donors (Lipinski definition) is 1. The van der Waals surface area contributed by atoms with Crippen LogP contribution in [0.1, 0.15) is 45.4 Å². The third kappa shape index (κ3) is 2.82. The van der Waals surface area contributed by atoms with E-state index in [0.717, 1.165) is 6.42 Å². The van der Waals surface area contributed by atoms with E-state index in [9.17, 15) is 18.7 Å². The lowest BCUT2D eigenvalue weighted by molar-refractivity contribution is -0.140. The average molecular weight is 261 g/mol. The van der Waals surface area contributed by atoms with Crippen molar-refractivity contribution >= 4 is 5.91 Å². The van der Waals surface area contributed by atoms with Crippen molar-refractivity contribution in [2.24, 2.45) is 5.92 Å². The van der Waals surface area contributed by atoms with Crippen LogP contribution in [-0.4, -0.2) is 40.5 Å². The van der Waals surface area contributed by atoms with Crippen LogP contribution in [-0.2, 0) is 4.79 Å². The van der Waals surface area contributed by atoms with E-state index in [1.807, 2.05) is 6.92 Å². The van der Waals surface area contributed by atoms with E-state index in [-0.39, 0.29) is 43.6 Å². The lowest BCUT2D eigenvalue weighted by Gasteiger charge is -2.32. The largest absolute Gasteiger partial charge is 0.391 e. The van der Waals surface area contributed by atoms with Crippen LogP contribution in [0, 0.1) is 5.92 Å². The Labute approximate surface area is 106 Å². The summed E-state index contributed by atoms with van der Waals surface area (Å²) < 4.78 is 26.1. The van der Waals surface area contributed by atoms with Gasteiger partial charge >= 0.3 is 0 Å². The number of amides is 1. The Morgan fingerprint density at radius 3 is 2.56 bits per heavy atom. The van der Waals surface area contributed by atoms with Crippen LogP contribution >= 0.6 is 0 Å². The number of aliphatic hydroxyl groups excluding tert-OH is 1. The van der Waals surface area contributed by atoms with Crippen molar-refractivity contribution < 1.29 is 18.7 Å². The molecule has 0 aromatic rings. The van der Waals surface area contributed by atoms with Crippen molar-refractivity contribution in [2.75, 3.05) is 6.54 Å². The summed E-state index contributed by atoms with van der Waals surface area (Å²) in [5.74, 6) is -2.90. The fraction of sp³-hybridized carbons (Fsp3) is 0.923.